The third-order valence-electron chi connectivity index (χ3n) is 2.73. The Bertz CT molecular complexity index is 553. The molecule has 0 aliphatic rings. The number of amides is 2. The van der Waals surface area contributed by atoms with E-state index in [1.807, 2.05) is 13.8 Å². The number of hydrogen-bond acceptors (Lipinski definition) is 4. The molecule has 2 amide bonds. The molecule has 1 aromatic rings. The molecule has 0 atom stereocenters. The van der Waals surface area contributed by atoms with Gasteiger partial charge < -0.3 is 20.1 Å². The molecule has 0 aliphatic heterocycles. The maximum absolute atomic E-state index is 11.7. The van der Waals surface area contributed by atoms with Crippen LogP contribution in [-0.4, -0.2) is 38.6 Å². The van der Waals surface area contributed by atoms with E-state index >= 15 is 0 Å². The van der Waals surface area contributed by atoms with Gasteiger partial charge in [0.15, 0.2) is 0 Å². The lowest BCUT2D eigenvalue weighted by Crippen LogP contribution is -2.39. The summed E-state index contributed by atoms with van der Waals surface area (Å²) in [7, 11) is 3.11. The van der Waals surface area contributed by atoms with E-state index in [9.17, 15) is 9.59 Å². The van der Waals surface area contributed by atoms with E-state index in [4.69, 9.17) is 9.47 Å². The minimum Gasteiger partial charge on any atom is -0.497 e. The summed E-state index contributed by atoms with van der Waals surface area (Å²) in [5.74, 6) is 0.695. The lowest BCUT2D eigenvalue weighted by molar-refractivity contribution is -0.124. The van der Waals surface area contributed by atoms with E-state index in [0.29, 0.717) is 11.5 Å². The number of hydrogen-bond donors (Lipinski definition) is 2. The number of benzene rings is 1. The number of nitrogens with one attached hydrogen (secondary N) is 2. The maximum atomic E-state index is 11.7. The van der Waals surface area contributed by atoms with Crippen molar-refractivity contribution in [3.05, 3.63) is 29.8 Å². The molecule has 0 heterocycles. The van der Waals surface area contributed by atoms with Crippen LogP contribution in [0.4, 0.5) is 0 Å². The van der Waals surface area contributed by atoms with Crippen molar-refractivity contribution in [2.45, 2.75) is 19.9 Å². The fraction of sp³-hybridized carbons (Fsp3) is 0.375. The molecule has 0 fully saturated rings. The van der Waals surface area contributed by atoms with Crippen LogP contribution in [0.5, 0.6) is 11.5 Å². The van der Waals surface area contributed by atoms with Gasteiger partial charge in [0.25, 0.3) is 0 Å². The summed E-state index contributed by atoms with van der Waals surface area (Å²) < 4.78 is 10.3. The van der Waals surface area contributed by atoms with Crippen molar-refractivity contribution in [2.75, 3.05) is 20.8 Å². The molecule has 0 bridgehead atoms. The van der Waals surface area contributed by atoms with Crippen LogP contribution >= 0.6 is 0 Å². The van der Waals surface area contributed by atoms with Gasteiger partial charge in [-0.2, -0.15) is 0 Å². The van der Waals surface area contributed by atoms with Crippen molar-refractivity contribution >= 4 is 17.9 Å². The molecule has 0 radical (unpaired) electrons. The van der Waals surface area contributed by atoms with Crippen LogP contribution in [-0.2, 0) is 9.59 Å². The summed E-state index contributed by atoms with van der Waals surface area (Å²) in [6.45, 7) is 3.66. The van der Waals surface area contributed by atoms with E-state index in [0.717, 1.165) is 5.56 Å². The van der Waals surface area contributed by atoms with Gasteiger partial charge in [-0.25, -0.2) is 0 Å². The minimum absolute atomic E-state index is 0.0449. The van der Waals surface area contributed by atoms with E-state index in [1.54, 1.807) is 38.5 Å². The van der Waals surface area contributed by atoms with Gasteiger partial charge in [-0.15, -0.1) is 0 Å². The number of methoxy groups -OCH3 is 2. The Hall–Kier alpha value is -2.50. The largest absolute Gasteiger partial charge is 0.497 e. The van der Waals surface area contributed by atoms with E-state index in [-0.39, 0.29) is 24.4 Å². The molecule has 2 N–H and O–H groups in total. The summed E-state index contributed by atoms with van der Waals surface area (Å²) in [5, 5.41) is 5.21. The lowest BCUT2D eigenvalue weighted by atomic mass is 10.1. The highest BCUT2D eigenvalue weighted by Gasteiger charge is 2.05. The normalized spacial score (nSPS) is 10.6. The SMILES string of the molecule is COc1ccc(/C=C/C(=O)NCC(=O)NC(C)C)c(OC)c1. The van der Waals surface area contributed by atoms with Gasteiger partial charge in [0.2, 0.25) is 11.8 Å². The van der Waals surface area contributed by atoms with E-state index in [1.165, 1.54) is 6.08 Å². The van der Waals surface area contributed by atoms with Crippen molar-refractivity contribution in [1.29, 1.82) is 0 Å². The average molecular weight is 306 g/mol. The van der Waals surface area contributed by atoms with Crippen molar-refractivity contribution in [1.82, 2.24) is 10.6 Å². The quantitative estimate of drug-likeness (QED) is 0.746. The summed E-state index contributed by atoms with van der Waals surface area (Å²) in [4.78, 5) is 23.1. The van der Waals surface area contributed by atoms with Crippen LogP contribution in [0.1, 0.15) is 19.4 Å². The van der Waals surface area contributed by atoms with Gasteiger partial charge in [0.05, 0.1) is 20.8 Å². The molecule has 0 aromatic heterocycles. The molecule has 6 nitrogen and oxygen atoms in total. The first-order valence-corrected chi connectivity index (χ1v) is 6.93. The van der Waals surface area contributed by atoms with Crippen molar-refractivity contribution in [2.24, 2.45) is 0 Å². The summed E-state index contributed by atoms with van der Waals surface area (Å²) >= 11 is 0. The van der Waals surface area contributed by atoms with Crippen LogP contribution in [0.25, 0.3) is 6.08 Å². The maximum Gasteiger partial charge on any atom is 0.244 e. The van der Waals surface area contributed by atoms with Gasteiger partial charge in [0.1, 0.15) is 11.5 Å². The number of rotatable bonds is 7. The fourth-order valence-electron chi connectivity index (χ4n) is 1.72. The average Bonchev–Trinajstić information content (AvgIpc) is 2.50. The highest BCUT2D eigenvalue weighted by atomic mass is 16.5. The molecular formula is C16H22N2O4. The monoisotopic (exact) mass is 306 g/mol. The predicted octanol–water partition coefficient (Wildman–Crippen LogP) is 1.36. The molecule has 0 aliphatic carbocycles. The van der Waals surface area contributed by atoms with Gasteiger partial charge in [-0.3, -0.25) is 9.59 Å². The zero-order valence-electron chi connectivity index (χ0n) is 13.3. The third-order valence-corrected chi connectivity index (χ3v) is 2.73. The standard InChI is InChI=1S/C16H22N2O4/c1-11(2)18-16(20)10-17-15(19)8-6-12-5-7-13(21-3)9-14(12)22-4/h5-9,11H,10H2,1-4H3,(H,17,19)(H,18,20)/b8-6+. The second-order valence-electron chi connectivity index (χ2n) is 4.88. The molecule has 0 saturated heterocycles. The summed E-state index contributed by atoms with van der Waals surface area (Å²) in [6, 6.07) is 5.33. The van der Waals surface area contributed by atoms with Gasteiger partial charge >= 0.3 is 0 Å². The van der Waals surface area contributed by atoms with Gasteiger partial charge in [-0.05, 0) is 32.1 Å². The summed E-state index contributed by atoms with van der Waals surface area (Å²) in [6.07, 6.45) is 2.97. The first-order chi connectivity index (χ1) is 10.5. The van der Waals surface area contributed by atoms with Crippen molar-refractivity contribution in [3.63, 3.8) is 0 Å². The van der Waals surface area contributed by atoms with Crippen molar-refractivity contribution < 1.29 is 19.1 Å². The second kappa shape index (κ2) is 8.71. The van der Waals surface area contributed by atoms with E-state index in [2.05, 4.69) is 10.6 Å². The summed E-state index contributed by atoms with van der Waals surface area (Å²) in [5.41, 5.74) is 0.741. The van der Waals surface area contributed by atoms with Crippen LogP contribution in [0.3, 0.4) is 0 Å². The Morgan fingerprint density at radius 1 is 1.23 bits per heavy atom. The molecule has 0 unspecified atom stereocenters. The Morgan fingerprint density at radius 2 is 1.95 bits per heavy atom. The fourth-order valence-corrected chi connectivity index (χ4v) is 1.72. The van der Waals surface area contributed by atoms with Crippen LogP contribution in [0.2, 0.25) is 0 Å². The Kier molecular flexibility index (Phi) is 6.95. The number of ether oxygens (including phenoxy) is 2. The Labute approximate surface area is 130 Å². The van der Waals surface area contributed by atoms with Crippen LogP contribution in [0.15, 0.2) is 24.3 Å². The predicted molar refractivity (Wildman–Crippen MR) is 84.9 cm³/mol. The molecular weight excluding hydrogens is 284 g/mol. The highest BCUT2D eigenvalue weighted by Crippen LogP contribution is 2.25. The molecule has 6 heteroatoms. The smallest absolute Gasteiger partial charge is 0.244 e. The van der Waals surface area contributed by atoms with Gasteiger partial charge in [0, 0.05) is 23.7 Å². The first-order valence-electron chi connectivity index (χ1n) is 6.93. The van der Waals surface area contributed by atoms with Crippen LogP contribution in [0, 0.1) is 0 Å². The zero-order valence-corrected chi connectivity index (χ0v) is 13.3. The molecule has 1 rings (SSSR count). The minimum atomic E-state index is -0.350. The van der Waals surface area contributed by atoms with Gasteiger partial charge in [-0.1, -0.05) is 0 Å². The lowest BCUT2D eigenvalue weighted by Gasteiger charge is -2.08. The topological polar surface area (TPSA) is 76.7 Å². The Morgan fingerprint density at radius 3 is 2.55 bits per heavy atom. The van der Waals surface area contributed by atoms with Crippen LogP contribution < -0.4 is 20.1 Å². The molecule has 22 heavy (non-hydrogen) atoms. The first kappa shape index (κ1) is 17.6. The third kappa shape index (κ3) is 5.87. The molecule has 120 valence electrons. The number of carbonyl (C=O) groups excluding carboxylic acids is 2. The second-order valence-corrected chi connectivity index (χ2v) is 4.88. The number of carbonyl (C=O) groups is 2. The molecule has 1 aromatic carbocycles. The van der Waals surface area contributed by atoms with Crippen molar-refractivity contribution in [3.8, 4) is 11.5 Å². The zero-order chi connectivity index (χ0) is 16.5. The molecule has 0 saturated carbocycles. The Balaban J connectivity index is 2.60. The molecule has 0 spiro atoms. The van der Waals surface area contributed by atoms with E-state index < -0.39 is 0 Å². The highest BCUT2D eigenvalue weighted by molar-refractivity contribution is 5.94.